The second kappa shape index (κ2) is 4.15. The number of hydrogen-bond acceptors (Lipinski definition) is 2. The van der Waals surface area contributed by atoms with E-state index in [9.17, 15) is 5.11 Å². The van der Waals surface area contributed by atoms with E-state index in [2.05, 4.69) is 19.6 Å². The minimum Gasteiger partial charge on any atom is -0.508 e. The van der Waals surface area contributed by atoms with E-state index in [4.69, 9.17) is 4.74 Å². The maximum Gasteiger partial charge on any atom is 0.115 e. The number of rotatable bonds is 3. The SMILES string of the molecule is COC(c1ccc(O)cc1)[Si](C)(C)C. The molecule has 1 atom stereocenters. The fourth-order valence-electron chi connectivity index (χ4n) is 1.64. The molecule has 0 radical (unpaired) electrons. The number of phenolic OH excluding ortho intramolecular Hbond substituents is 1. The smallest absolute Gasteiger partial charge is 0.115 e. The Morgan fingerprint density at radius 2 is 1.64 bits per heavy atom. The summed E-state index contributed by atoms with van der Waals surface area (Å²) in [4.78, 5) is 0. The van der Waals surface area contributed by atoms with Gasteiger partial charge >= 0.3 is 0 Å². The predicted octanol–water partition coefficient (Wildman–Crippen LogP) is 2.96. The Labute approximate surface area is 86.5 Å². The van der Waals surface area contributed by atoms with Crippen LogP contribution in [0.2, 0.25) is 19.6 Å². The lowest BCUT2D eigenvalue weighted by molar-refractivity contribution is 0.160. The highest BCUT2D eigenvalue weighted by Crippen LogP contribution is 2.28. The van der Waals surface area contributed by atoms with E-state index in [1.165, 1.54) is 0 Å². The van der Waals surface area contributed by atoms with E-state index >= 15 is 0 Å². The predicted molar refractivity (Wildman–Crippen MR) is 61.2 cm³/mol. The molecule has 1 rings (SSSR count). The third-order valence-corrected chi connectivity index (χ3v) is 4.36. The summed E-state index contributed by atoms with van der Waals surface area (Å²) in [7, 11) is 0.397. The van der Waals surface area contributed by atoms with Gasteiger partial charge in [-0.1, -0.05) is 31.8 Å². The molecule has 0 aromatic heterocycles. The molecule has 0 aliphatic carbocycles. The van der Waals surface area contributed by atoms with Crippen LogP contribution in [0.1, 0.15) is 11.3 Å². The van der Waals surface area contributed by atoms with Crippen LogP contribution in [0.25, 0.3) is 0 Å². The summed E-state index contributed by atoms with van der Waals surface area (Å²) >= 11 is 0. The van der Waals surface area contributed by atoms with E-state index in [1.807, 2.05) is 12.1 Å². The van der Waals surface area contributed by atoms with Crippen LogP contribution in [-0.4, -0.2) is 20.3 Å². The van der Waals surface area contributed by atoms with Crippen LogP contribution < -0.4 is 0 Å². The van der Waals surface area contributed by atoms with Gasteiger partial charge in [-0.25, -0.2) is 0 Å². The maximum atomic E-state index is 9.18. The van der Waals surface area contributed by atoms with Crippen molar-refractivity contribution in [2.45, 2.75) is 25.4 Å². The van der Waals surface area contributed by atoms with Crippen LogP contribution in [0.5, 0.6) is 5.75 Å². The Balaban J connectivity index is 2.96. The molecule has 0 heterocycles. The van der Waals surface area contributed by atoms with Gasteiger partial charge < -0.3 is 9.84 Å². The molecule has 2 nitrogen and oxygen atoms in total. The molecule has 14 heavy (non-hydrogen) atoms. The second-order valence-corrected chi connectivity index (χ2v) is 9.83. The van der Waals surface area contributed by atoms with Crippen molar-refractivity contribution < 1.29 is 9.84 Å². The normalized spacial score (nSPS) is 14.0. The number of benzene rings is 1. The van der Waals surface area contributed by atoms with E-state index in [0.717, 1.165) is 5.56 Å². The molecule has 0 fully saturated rings. The second-order valence-electron chi connectivity index (χ2n) is 4.57. The van der Waals surface area contributed by atoms with Gasteiger partial charge in [0.25, 0.3) is 0 Å². The molecule has 3 heteroatoms. The summed E-state index contributed by atoms with van der Waals surface area (Å²) in [6.45, 7) is 6.82. The molecule has 1 N–H and O–H groups in total. The summed E-state index contributed by atoms with van der Waals surface area (Å²) in [5.41, 5.74) is 1.35. The van der Waals surface area contributed by atoms with Gasteiger partial charge in [0.2, 0.25) is 0 Å². The Morgan fingerprint density at radius 3 is 2.00 bits per heavy atom. The molecule has 0 spiro atoms. The largest absolute Gasteiger partial charge is 0.508 e. The van der Waals surface area contributed by atoms with Gasteiger partial charge in [-0.15, -0.1) is 0 Å². The lowest BCUT2D eigenvalue weighted by Gasteiger charge is -2.27. The van der Waals surface area contributed by atoms with Crippen molar-refractivity contribution in [1.82, 2.24) is 0 Å². The van der Waals surface area contributed by atoms with Crippen molar-refractivity contribution in [3.8, 4) is 5.75 Å². The van der Waals surface area contributed by atoms with Crippen molar-refractivity contribution >= 4 is 8.07 Å². The highest BCUT2D eigenvalue weighted by atomic mass is 28.3. The first kappa shape index (κ1) is 11.3. The summed E-state index contributed by atoms with van der Waals surface area (Å²) < 4.78 is 5.52. The molecule has 0 amide bonds. The molecule has 0 saturated heterocycles. The Kier molecular flexibility index (Phi) is 3.34. The summed E-state index contributed by atoms with van der Waals surface area (Å²) in [5, 5.41) is 9.18. The van der Waals surface area contributed by atoms with E-state index in [1.54, 1.807) is 19.2 Å². The summed E-state index contributed by atoms with van der Waals surface area (Å²) in [6.07, 6.45) is 0. The Bertz CT molecular complexity index is 287. The third kappa shape index (κ3) is 2.59. The number of methoxy groups -OCH3 is 1. The fraction of sp³-hybridized carbons (Fsp3) is 0.455. The molecule has 0 aliphatic heterocycles. The minimum atomic E-state index is -1.35. The average Bonchev–Trinajstić information content (AvgIpc) is 2.07. The number of phenols is 1. The van der Waals surface area contributed by atoms with Crippen LogP contribution in [0, 0.1) is 0 Å². The molecule has 1 unspecified atom stereocenters. The van der Waals surface area contributed by atoms with Gasteiger partial charge in [0.15, 0.2) is 0 Å². The first-order chi connectivity index (χ1) is 6.45. The van der Waals surface area contributed by atoms with E-state index < -0.39 is 8.07 Å². The first-order valence-electron chi connectivity index (χ1n) is 4.77. The van der Waals surface area contributed by atoms with Crippen LogP contribution >= 0.6 is 0 Å². The Hall–Kier alpha value is -0.803. The van der Waals surface area contributed by atoms with E-state index in [-0.39, 0.29) is 5.73 Å². The van der Waals surface area contributed by atoms with Crippen LogP contribution in [0.3, 0.4) is 0 Å². The molecule has 1 aromatic rings. The van der Waals surface area contributed by atoms with Gasteiger partial charge in [-0.2, -0.15) is 0 Å². The topological polar surface area (TPSA) is 29.5 Å². The highest BCUT2D eigenvalue weighted by molar-refractivity contribution is 6.77. The quantitative estimate of drug-likeness (QED) is 0.777. The van der Waals surface area contributed by atoms with Gasteiger partial charge in [0, 0.05) is 7.11 Å². The van der Waals surface area contributed by atoms with E-state index in [0.29, 0.717) is 5.75 Å². The summed E-state index contributed by atoms with van der Waals surface area (Å²) in [5.74, 6) is 0.305. The van der Waals surface area contributed by atoms with Crippen LogP contribution in [0.4, 0.5) is 0 Å². The van der Waals surface area contributed by atoms with Gasteiger partial charge in [-0.3, -0.25) is 0 Å². The van der Waals surface area contributed by atoms with Crippen molar-refractivity contribution in [2.75, 3.05) is 7.11 Å². The molecular weight excluding hydrogens is 192 g/mol. The molecule has 0 aliphatic rings. The van der Waals surface area contributed by atoms with Crippen molar-refractivity contribution in [3.63, 3.8) is 0 Å². The zero-order valence-corrected chi connectivity index (χ0v) is 10.2. The lowest BCUT2D eigenvalue weighted by atomic mass is 10.2. The molecule has 1 aromatic carbocycles. The summed E-state index contributed by atoms with van der Waals surface area (Å²) in [6, 6.07) is 7.28. The van der Waals surface area contributed by atoms with Crippen molar-refractivity contribution in [3.05, 3.63) is 29.8 Å². The van der Waals surface area contributed by atoms with Crippen LogP contribution in [0.15, 0.2) is 24.3 Å². The zero-order chi connectivity index (χ0) is 10.8. The fourth-order valence-corrected chi connectivity index (χ4v) is 3.54. The van der Waals surface area contributed by atoms with Crippen molar-refractivity contribution in [1.29, 1.82) is 0 Å². The molecule has 0 bridgehead atoms. The number of hydrogen-bond donors (Lipinski definition) is 1. The standard InChI is InChI=1S/C11H18O2Si/c1-13-11(14(2,3)4)9-5-7-10(12)8-6-9/h5-8,11-12H,1-4H3. The van der Waals surface area contributed by atoms with Gasteiger partial charge in [0.05, 0.1) is 13.8 Å². The van der Waals surface area contributed by atoms with Gasteiger partial charge in [-0.05, 0) is 17.7 Å². The number of ether oxygens (including phenoxy) is 1. The molecule has 78 valence electrons. The first-order valence-corrected chi connectivity index (χ1v) is 8.34. The zero-order valence-electron chi connectivity index (χ0n) is 9.24. The average molecular weight is 210 g/mol. The maximum absolute atomic E-state index is 9.18. The molecular formula is C11H18O2Si. The Morgan fingerprint density at radius 1 is 1.14 bits per heavy atom. The monoisotopic (exact) mass is 210 g/mol. The number of aromatic hydroxyl groups is 1. The van der Waals surface area contributed by atoms with Crippen molar-refractivity contribution in [2.24, 2.45) is 0 Å². The highest BCUT2D eigenvalue weighted by Gasteiger charge is 2.27. The molecule has 0 saturated carbocycles. The van der Waals surface area contributed by atoms with Crippen LogP contribution in [-0.2, 0) is 4.74 Å². The third-order valence-electron chi connectivity index (χ3n) is 2.22. The minimum absolute atomic E-state index is 0.197. The van der Waals surface area contributed by atoms with Gasteiger partial charge in [0.1, 0.15) is 5.75 Å². The lowest BCUT2D eigenvalue weighted by Crippen LogP contribution is -2.32.